The summed E-state index contributed by atoms with van der Waals surface area (Å²) in [5, 5.41) is 14.8. The van der Waals surface area contributed by atoms with Crippen molar-refractivity contribution in [2.24, 2.45) is 0 Å². The molecule has 0 radical (unpaired) electrons. The van der Waals surface area contributed by atoms with Crippen LogP contribution in [0, 0.1) is 0 Å². The fraction of sp³-hybridized carbons (Fsp3) is 0.333. The summed E-state index contributed by atoms with van der Waals surface area (Å²) in [5.41, 5.74) is 4.22. The van der Waals surface area contributed by atoms with Crippen LogP contribution < -0.4 is 15.5 Å². The molecule has 2 aromatic rings. The zero-order chi connectivity index (χ0) is 19.2. The summed E-state index contributed by atoms with van der Waals surface area (Å²) in [6.45, 7) is 0.985. The largest absolute Gasteiger partial charge is 0.481 e. The summed E-state index contributed by atoms with van der Waals surface area (Å²) in [7, 11) is 2.04. The van der Waals surface area contributed by atoms with Crippen LogP contribution in [0.25, 0.3) is 0 Å². The number of urea groups is 1. The van der Waals surface area contributed by atoms with Gasteiger partial charge in [0.1, 0.15) is 0 Å². The Kier molecular flexibility index (Phi) is 5.96. The van der Waals surface area contributed by atoms with Crippen molar-refractivity contribution in [3.8, 4) is 0 Å². The van der Waals surface area contributed by atoms with Crippen molar-refractivity contribution in [2.45, 2.75) is 31.7 Å². The van der Waals surface area contributed by atoms with Gasteiger partial charge in [-0.2, -0.15) is 0 Å². The summed E-state index contributed by atoms with van der Waals surface area (Å²) >= 11 is 0. The molecule has 1 aliphatic heterocycles. The van der Waals surface area contributed by atoms with E-state index in [9.17, 15) is 9.59 Å². The van der Waals surface area contributed by atoms with Gasteiger partial charge >= 0.3 is 12.0 Å². The predicted octanol–water partition coefficient (Wildman–Crippen LogP) is 3.28. The quantitative estimate of drug-likeness (QED) is 0.701. The van der Waals surface area contributed by atoms with E-state index in [4.69, 9.17) is 5.11 Å². The Labute approximate surface area is 159 Å². The lowest BCUT2D eigenvalue weighted by molar-refractivity contribution is -0.137. The Morgan fingerprint density at radius 1 is 1.19 bits per heavy atom. The van der Waals surface area contributed by atoms with Crippen molar-refractivity contribution in [2.75, 3.05) is 23.8 Å². The minimum absolute atomic E-state index is 0.0153. The molecule has 0 spiro atoms. The Morgan fingerprint density at radius 3 is 2.70 bits per heavy atom. The lowest BCUT2D eigenvalue weighted by Gasteiger charge is -2.19. The van der Waals surface area contributed by atoms with E-state index in [-0.39, 0.29) is 18.5 Å². The number of likely N-dealkylation sites (N-methyl/N-ethyl adjacent to an activating group) is 1. The van der Waals surface area contributed by atoms with Crippen LogP contribution in [0.3, 0.4) is 0 Å². The topological polar surface area (TPSA) is 81.7 Å². The van der Waals surface area contributed by atoms with Gasteiger partial charge in [0.05, 0.1) is 0 Å². The first-order valence-corrected chi connectivity index (χ1v) is 9.18. The Balaban J connectivity index is 1.63. The Hall–Kier alpha value is -3.02. The van der Waals surface area contributed by atoms with Crippen LogP contribution in [-0.4, -0.2) is 36.7 Å². The molecule has 142 valence electrons. The van der Waals surface area contributed by atoms with Crippen molar-refractivity contribution in [3.63, 3.8) is 0 Å². The van der Waals surface area contributed by atoms with E-state index in [0.29, 0.717) is 12.8 Å². The number of carboxylic acid groups (broad SMARTS) is 1. The zero-order valence-corrected chi connectivity index (χ0v) is 15.4. The lowest BCUT2D eigenvalue weighted by atomic mass is 10.0. The molecule has 1 atom stereocenters. The minimum atomic E-state index is -0.864. The second-order valence-electron chi connectivity index (χ2n) is 6.93. The van der Waals surface area contributed by atoms with E-state index < -0.39 is 5.97 Å². The molecule has 6 heteroatoms. The van der Waals surface area contributed by atoms with Gasteiger partial charge in [0, 0.05) is 37.4 Å². The number of benzene rings is 2. The number of nitrogens with zero attached hydrogens (tertiary/aromatic N) is 1. The second kappa shape index (κ2) is 8.58. The monoisotopic (exact) mass is 367 g/mol. The van der Waals surface area contributed by atoms with Gasteiger partial charge in [-0.05, 0) is 42.5 Å². The molecule has 0 aromatic heterocycles. The van der Waals surface area contributed by atoms with Crippen molar-refractivity contribution in [1.82, 2.24) is 5.32 Å². The summed E-state index contributed by atoms with van der Waals surface area (Å²) in [4.78, 5) is 25.6. The number of hydrogen-bond acceptors (Lipinski definition) is 3. The van der Waals surface area contributed by atoms with Crippen LogP contribution in [0.15, 0.2) is 48.5 Å². The third kappa shape index (κ3) is 5.23. The molecule has 0 aliphatic carbocycles. The molecule has 27 heavy (non-hydrogen) atoms. The van der Waals surface area contributed by atoms with E-state index in [0.717, 1.165) is 29.9 Å². The van der Waals surface area contributed by atoms with Gasteiger partial charge in [0.25, 0.3) is 0 Å². The number of aliphatic carboxylic acids is 1. The maximum atomic E-state index is 12.5. The predicted molar refractivity (Wildman–Crippen MR) is 106 cm³/mol. The molecular formula is C21H25N3O3. The Morgan fingerprint density at radius 2 is 1.96 bits per heavy atom. The lowest BCUT2D eigenvalue weighted by Crippen LogP contribution is -2.39. The van der Waals surface area contributed by atoms with E-state index in [2.05, 4.69) is 15.5 Å². The fourth-order valence-electron chi connectivity index (χ4n) is 3.39. The van der Waals surface area contributed by atoms with Gasteiger partial charge in [-0.3, -0.25) is 4.79 Å². The summed E-state index contributed by atoms with van der Waals surface area (Å²) < 4.78 is 0. The summed E-state index contributed by atoms with van der Waals surface area (Å²) in [5.74, 6) is -0.864. The normalized spacial score (nSPS) is 13.7. The smallest absolute Gasteiger partial charge is 0.319 e. The van der Waals surface area contributed by atoms with Crippen LogP contribution in [-0.2, 0) is 17.6 Å². The molecule has 3 N–H and O–H groups in total. The van der Waals surface area contributed by atoms with Gasteiger partial charge in [-0.25, -0.2) is 4.79 Å². The summed E-state index contributed by atoms with van der Waals surface area (Å²) in [6, 6.07) is 15.1. The first kappa shape index (κ1) is 18.8. The molecule has 3 rings (SSSR count). The molecule has 2 amide bonds. The van der Waals surface area contributed by atoms with E-state index >= 15 is 0 Å². The molecule has 1 heterocycles. The number of nitrogens with one attached hydrogen (secondary N) is 2. The number of anilines is 2. The Bertz CT molecular complexity index is 808. The van der Waals surface area contributed by atoms with Crippen LogP contribution >= 0.6 is 0 Å². The molecule has 1 unspecified atom stereocenters. The van der Waals surface area contributed by atoms with E-state index in [1.165, 1.54) is 5.56 Å². The molecule has 6 nitrogen and oxygen atoms in total. The molecular weight excluding hydrogens is 342 g/mol. The van der Waals surface area contributed by atoms with Crippen LogP contribution in [0.1, 0.15) is 24.0 Å². The third-order valence-corrected chi connectivity index (χ3v) is 4.84. The van der Waals surface area contributed by atoms with Crippen molar-refractivity contribution < 1.29 is 14.7 Å². The maximum absolute atomic E-state index is 12.5. The van der Waals surface area contributed by atoms with Crippen molar-refractivity contribution >= 4 is 23.4 Å². The molecule has 2 aromatic carbocycles. The number of amides is 2. The van der Waals surface area contributed by atoms with Crippen molar-refractivity contribution in [3.05, 3.63) is 59.7 Å². The number of hydrogen-bond donors (Lipinski definition) is 3. The number of rotatable bonds is 7. The van der Waals surface area contributed by atoms with Gasteiger partial charge in [-0.15, -0.1) is 0 Å². The second-order valence-corrected chi connectivity index (χ2v) is 6.93. The standard InChI is InChI=1S/C21H25N3O3/c1-24-12-11-16-7-8-18(14-19(16)24)23-21(27)22-17(9-10-20(25)26)13-15-5-3-2-4-6-15/h2-8,14,17H,9-13H2,1H3,(H,25,26)(H2,22,23,27). The van der Waals surface area contributed by atoms with E-state index in [1.54, 1.807) is 0 Å². The maximum Gasteiger partial charge on any atom is 0.319 e. The van der Waals surface area contributed by atoms with Crippen LogP contribution in [0.4, 0.5) is 16.2 Å². The highest BCUT2D eigenvalue weighted by Gasteiger charge is 2.18. The average molecular weight is 367 g/mol. The highest BCUT2D eigenvalue weighted by Crippen LogP contribution is 2.29. The number of carboxylic acids is 1. The zero-order valence-electron chi connectivity index (χ0n) is 15.4. The highest BCUT2D eigenvalue weighted by atomic mass is 16.4. The number of carbonyl (C=O) groups excluding carboxylic acids is 1. The van der Waals surface area contributed by atoms with Gasteiger partial charge in [0.15, 0.2) is 0 Å². The number of fused-ring (bicyclic) bond motifs is 1. The summed E-state index contributed by atoms with van der Waals surface area (Å²) in [6.07, 6.45) is 2.01. The van der Waals surface area contributed by atoms with Crippen LogP contribution in [0.5, 0.6) is 0 Å². The number of carbonyl (C=O) groups is 2. The molecule has 0 saturated heterocycles. The molecule has 0 fully saturated rings. The van der Waals surface area contributed by atoms with E-state index in [1.807, 2.05) is 55.6 Å². The first-order valence-electron chi connectivity index (χ1n) is 9.18. The first-order chi connectivity index (χ1) is 13.0. The highest BCUT2D eigenvalue weighted by molar-refractivity contribution is 5.90. The van der Waals surface area contributed by atoms with Crippen LogP contribution in [0.2, 0.25) is 0 Å². The van der Waals surface area contributed by atoms with Gasteiger partial charge in [0.2, 0.25) is 0 Å². The SMILES string of the molecule is CN1CCc2ccc(NC(=O)NC(CCC(=O)O)Cc3ccccc3)cc21. The molecule has 0 saturated carbocycles. The minimum Gasteiger partial charge on any atom is -0.481 e. The third-order valence-electron chi connectivity index (χ3n) is 4.84. The molecule has 1 aliphatic rings. The van der Waals surface area contributed by atoms with Gasteiger partial charge in [-0.1, -0.05) is 36.4 Å². The van der Waals surface area contributed by atoms with Crippen molar-refractivity contribution in [1.29, 1.82) is 0 Å². The molecule has 0 bridgehead atoms. The fourth-order valence-corrected chi connectivity index (χ4v) is 3.39. The van der Waals surface area contributed by atoms with Gasteiger partial charge < -0.3 is 20.6 Å². The average Bonchev–Trinajstić information content (AvgIpc) is 3.01.